The maximum Gasteiger partial charge on any atom is 0.331 e. The van der Waals surface area contributed by atoms with Gasteiger partial charge in [-0.25, -0.2) is 9.59 Å². The van der Waals surface area contributed by atoms with Crippen molar-refractivity contribution < 1.29 is 33.4 Å². The van der Waals surface area contributed by atoms with Crippen molar-refractivity contribution >= 4 is 23.8 Å². The van der Waals surface area contributed by atoms with Crippen LogP contribution in [0.25, 0.3) is 0 Å². The van der Waals surface area contributed by atoms with Crippen molar-refractivity contribution in [3.63, 3.8) is 0 Å². The van der Waals surface area contributed by atoms with Crippen LogP contribution in [0.15, 0.2) is 12.2 Å². The van der Waals surface area contributed by atoms with Crippen LogP contribution < -0.4 is 5.32 Å². The molecule has 2 aliphatic rings. The number of cyclic esters (lactones) is 1. The number of esters is 3. The fraction of sp³-hybridized carbons (Fsp3) is 0.571. The number of hydrogen-bond acceptors (Lipinski definition) is 8. The number of carbonyl (C=O) groups is 4. The van der Waals surface area contributed by atoms with E-state index in [9.17, 15) is 19.2 Å². The smallest absolute Gasteiger partial charge is 0.331 e. The van der Waals surface area contributed by atoms with Crippen LogP contribution in [-0.2, 0) is 33.4 Å². The molecular weight excluding hydrogens is 308 g/mol. The summed E-state index contributed by atoms with van der Waals surface area (Å²) in [5.41, 5.74) is 0. The molecule has 23 heavy (non-hydrogen) atoms. The van der Waals surface area contributed by atoms with Crippen molar-refractivity contribution in [2.75, 3.05) is 33.4 Å². The van der Waals surface area contributed by atoms with E-state index in [1.165, 1.54) is 12.0 Å². The Kier molecular flexibility index (Phi) is 5.69. The second-order valence-electron chi connectivity index (χ2n) is 5.09. The molecule has 0 saturated carbocycles. The van der Waals surface area contributed by atoms with E-state index in [1.54, 1.807) is 0 Å². The molecule has 0 aromatic heterocycles. The van der Waals surface area contributed by atoms with Gasteiger partial charge >= 0.3 is 17.9 Å². The fourth-order valence-corrected chi connectivity index (χ4v) is 2.35. The van der Waals surface area contributed by atoms with Crippen molar-refractivity contribution in [1.29, 1.82) is 0 Å². The van der Waals surface area contributed by atoms with Crippen molar-refractivity contribution in [3.8, 4) is 0 Å². The molecule has 2 heterocycles. The Morgan fingerprint density at radius 2 is 2.04 bits per heavy atom. The summed E-state index contributed by atoms with van der Waals surface area (Å²) in [4.78, 5) is 47.3. The van der Waals surface area contributed by atoms with Gasteiger partial charge in [-0.2, -0.15) is 0 Å². The van der Waals surface area contributed by atoms with E-state index < -0.39 is 30.1 Å². The van der Waals surface area contributed by atoms with Gasteiger partial charge in [0.1, 0.15) is 19.3 Å². The zero-order valence-electron chi connectivity index (χ0n) is 12.6. The van der Waals surface area contributed by atoms with Gasteiger partial charge in [0.15, 0.2) is 0 Å². The van der Waals surface area contributed by atoms with Crippen molar-refractivity contribution in [1.82, 2.24) is 10.2 Å². The summed E-state index contributed by atoms with van der Waals surface area (Å²) in [6.45, 7) is 0.805. The zero-order chi connectivity index (χ0) is 16.8. The lowest BCUT2D eigenvalue weighted by Gasteiger charge is -2.28. The SMILES string of the molecule is COC(=O)/C=C/C(=O)O[C@H]1CN[C@H](C(=O)N2CCOC(=O)C2)C1. The predicted octanol–water partition coefficient (Wildman–Crippen LogP) is -1.63. The van der Waals surface area contributed by atoms with Gasteiger partial charge in [0, 0.05) is 25.1 Å². The van der Waals surface area contributed by atoms with Crippen LogP contribution in [0.1, 0.15) is 6.42 Å². The summed E-state index contributed by atoms with van der Waals surface area (Å²) in [7, 11) is 1.20. The zero-order valence-corrected chi connectivity index (χ0v) is 12.6. The number of hydrogen-bond donors (Lipinski definition) is 1. The van der Waals surface area contributed by atoms with E-state index in [2.05, 4.69) is 10.1 Å². The number of rotatable bonds is 4. The first-order chi connectivity index (χ1) is 11.0. The molecule has 9 heteroatoms. The van der Waals surface area contributed by atoms with Gasteiger partial charge in [0.2, 0.25) is 5.91 Å². The summed E-state index contributed by atoms with van der Waals surface area (Å²) >= 11 is 0. The van der Waals surface area contributed by atoms with E-state index >= 15 is 0 Å². The number of ether oxygens (including phenoxy) is 3. The molecule has 0 bridgehead atoms. The molecule has 2 fully saturated rings. The molecule has 0 aromatic carbocycles. The molecule has 9 nitrogen and oxygen atoms in total. The minimum Gasteiger partial charge on any atom is -0.466 e. The first-order valence-electron chi connectivity index (χ1n) is 7.14. The third-order valence-electron chi connectivity index (χ3n) is 3.48. The number of morpholine rings is 1. The summed E-state index contributed by atoms with van der Waals surface area (Å²) < 4.78 is 14.3. The monoisotopic (exact) mass is 326 g/mol. The van der Waals surface area contributed by atoms with E-state index in [0.29, 0.717) is 19.5 Å². The lowest BCUT2D eigenvalue weighted by Crippen LogP contribution is -2.49. The maximum atomic E-state index is 12.3. The molecule has 0 unspecified atom stereocenters. The Hall–Kier alpha value is -2.42. The van der Waals surface area contributed by atoms with E-state index in [4.69, 9.17) is 9.47 Å². The van der Waals surface area contributed by atoms with Crippen LogP contribution in [0, 0.1) is 0 Å². The Morgan fingerprint density at radius 3 is 2.74 bits per heavy atom. The molecule has 126 valence electrons. The molecule has 2 atom stereocenters. The number of carbonyl (C=O) groups excluding carboxylic acids is 4. The van der Waals surface area contributed by atoms with Gasteiger partial charge in [0.05, 0.1) is 19.7 Å². The Bertz CT molecular complexity index is 531. The minimum atomic E-state index is -0.683. The molecule has 1 amide bonds. The highest BCUT2D eigenvalue weighted by Gasteiger charge is 2.35. The lowest BCUT2D eigenvalue weighted by molar-refractivity contribution is -0.157. The van der Waals surface area contributed by atoms with E-state index in [1.807, 2.05) is 0 Å². The average Bonchev–Trinajstić information content (AvgIpc) is 3.00. The Labute approximate surface area is 132 Å². The van der Waals surface area contributed by atoms with Crippen molar-refractivity contribution in [2.24, 2.45) is 0 Å². The molecule has 0 aromatic rings. The molecule has 1 N–H and O–H groups in total. The first-order valence-corrected chi connectivity index (χ1v) is 7.14. The molecule has 0 spiro atoms. The van der Waals surface area contributed by atoms with Crippen LogP contribution >= 0.6 is 0 Å². The highest BCUT2D eigenvalue weighted by Crippen LogP contribution is 2.14. The quantitative estimate of drug-likeness (QED) is 0.372. The molecule has 2 rings (SSSR count). The van der Waals surface area contributed by atoms with Crippen LogP contribution in [-0.4, -0.2) is 74.2 Å². The van der Waals surface area contributed by atoms with Gasteiger partial charge < -0.3 is 24.4 Å². The van der Waals surface area contributed by atoms with E-state index in [0.717, 1.165) is 12.2 Å². The normalized spacial score (nSPS) is 24.4. The fourth-order valence-electron chi connectivity index (χ4n) is 2.35. The Morgan fingerprint density at radius 1 is 1.30 bits per heavy atom. The molecule has 2 saturated heterocycles. The number of nitrogens with zero attached hydrogens (tertiary/aromatic N) is 1. The minimum absolute atomic E-state index is 0.0661. The highest BCUT2D eigenvalue weighted by molar-refractivity contribution is 5.91. The molecular formula is C14H18N2O7. The number of methoxy groups -OCH3 is 1. The Balaban J connectivity index is 1.80. The van der Waals surface area contributed by atoms with Crippen molar-refractivity contribution in [2.45, 2.75) is 18.6 Å². The third-order valence-corrected chi connectivity index (χ3v) is 3.48. The highest BCUT2D eigenvalue weighted by atomic mass is 16.5. The number of amides is 1. The number of nitrogens with one attached hydrogen (secondary N) is 1. The van der Waals surface area contributed by atoms with Crippen LogP contribution in [0.5, 0.6) is 0 Å². The third kappa shape index (κ3) is 4.78. The van der Waals surface area contributed by atoms with Gasteiger partial charge in [-0.15, -0.1) is 0 Å². The summed E-state index contributed by atoms with van der Waals surface area (Å²) in [6, 6.07) is -0.511. The lowest BCUT2D eigenvalue weighted by atomic mass is 10.1. The van der Waals surface area contributed by atoms with Crippen LogP contribution in [0.2, 0.25) is 0 Å². The van der Waals surface area contributed by atoms with Crippen LogP contribution in [0.3, 0.4) is 0 Å². The largest absolute Gasteiger partial charge is 0.466 e. The average molecular weight is 326 g/mol. The topological polar surface area (TPSA) is 111 Å². The first kappa shape index (κ1) is 16.9. The van der Waals surface area contributed by atoms with Gasteiger partial charge in [-0.1, -0.05) is 0 Å². The van der Waals surface area contributed by atoms with Gasteiger partial charge in [-0.05, 0) is 0 Å². The molecule has 0 radical (unpaired) electrons. The maximum absolute atomic E-state index is 12.3. The second-order valence-corrected chi connectivity index (χ2v) is 5.09. The van der Waals surface area contributed by atoms with E-state index in [-0.39, 0.29) is 19.1 Å². The molecule has 0 aliphatic carbocycles. The summed E-state index contributed by atoms with van der Waals surface area (Å²) in [5.74, 6) is -1.99. The molecule has 2 aliphatic heterocycles. The summed E-state index contributed by atoms with van der Waals surface area (Å²) in [6.07, 6.45) is 1.77. The van der Waals surface area contributed by atoms with Crippen LogP contribution in [0.4, 0.5) is 0 Å². The summed E-state index contributed by atoms with van der Waals surface area (Å²) in [5, 5.41) is 2.96. The van der Waals surface area contributed by atoms with Crippen molar-refractivity contribution in [3.05, 3.63) is 12.2 Å². The van der Waals surface area contributed by atoms with Gasteiger partial charge in [0.25, 0.3) is 0 Å². The standard InChI is InChI=1S/C14H18N2O7/c1-21-11(17)2-3-12(18)23-9-6-10(15-7-9)14(20)16-4-5-22-13(19)8-16/h2-3,9-10,15H,4-8H2,1H3/b3-2+/t9-,10+/m1/s1. The van der Waals surface area contributed by atoms with Gasteiger partial charge in [-0.3, -0.25) is 9.59 Å². The predicted molar refractivity (Wildman–Crippen MR) is 75.0 cm³/mol. The second kappa shape index (κ2) is 7.73.